The molecular weight excluding hydrogens is 284 g/mol. The van der Waals surface area contributed by atoms with Gasteiger partial charge in [0.2, 0.25) is 0 Å². The Hall–Kier alpha value is -1.69. The zero-order valence-corrected chi connectivity index (χ0v) is 14.0. The van der Waals surface area contributed by atoms with Gasteiger partial charge < -0.3 is 5.32 Å². The maximum absolute atomic E-state index is 12.6. The molecular formula is C15H22N4OS. The van der Waals surface area contributed by atoms with Crippen LogP contribution in [-0.4, -0.2) is 20.7 Å². The van der Waals surface area contributed by atoms with Gasteiger partial charge in [0.05, 0.1) is 11.2 Å². The summed E-state index contributed by atoms with van der Waals surface area (Å²) in [5.41, 5.74) is 1.99. The van der Waals surface area contributed by atoms with Gasteiger partial charge in [-0.3, -0.25) is 9.48 Å². The number of carbonyl (C=O) groups is 1. The smallest absolute Gasteiger partial charge is 0.270 e. The molecule has 114 valence electrons. The van der Waals surface area contributed by atoms with Crippen LogP contribution in [0.3, 0.4) is 0 Å². The molecule has 0 fully saturated rings. The molecule has 2 heterocycles. The topological polar surface area (TPSA) is 59.8 Å². The molecule has 1 atom stereocenters. The summed E-state index contributed by atoms with van der Waals surface area (Å²) in [6, 6.07) is 1.82. The van der Waals surface area contributed by atoms with Crippen LogP contribution >= 0.6 is 11.3 Å². The number of nitrogens with one attached hydrogen (secondary N) is 1. The molecule has 0 radical (unpaired) electrons. The van der Waals surface area contributed by atoms with Crippen molar-refractivity contribution in [3.05, 3.63) is 33.5 Å². The number of aromatic nitrogens is 3. The highest BCUT2D eigenvalue weighted by molar-refractivity contribution is 7.09. The fraction of sp³-hybridized carbons (Fsp3) is 0.533. The largest absolute Gasteiger partial charge is 0.339 e. The normalized spacial score (nSPS) is 14.0. The summed E-state index contributed by atoms with van der Waals surface area (Å²) in [4.78, 5) is 17.1. The van der Waals surface area contributed by atoms with E-state index < -0.39 is 5.54 Å². The minimum Gasteiger partial charge on any atom is -0.339 e. The lowest BCUT2D eigenvalue weighted by Gasteiger charge is -2.27. The van der Waals surface area contributed by atoms with Gasteiger partial charge in [0.15, 0.2) is 0 Å². The summed E-state index contributed by atoms with van der Waals surface area (Å²) < 4.78 is 1.73. The molecule has 21 heavy (non-hydrogen) atoms. The lowest BCUT2D eigenvalue weighted by atomic mass is 9.99. The van der Waals surface area contributed by atoms with E-state index in [0.29, 0.717) is 12.2 Å². The van der Waals surface area contributed by atoms with Crippen LogP contribution in [0, 0.1) is 13.8 Å². The summed E-state index contributed by atoms with van der Waals surface area (Å²) in [6.45, 7) is 10.6. The molecule has 6 heteroatoms. The maximum Gasteiger partial charge on any atom is 0.270 e. The van der Waals surface area contributed by atoms with Crippen LogP contribution < -0.4 is 5.32 Å². The van der Waals surface area contributed by atoms with Crippen molar-refractivity contribution in [2.45, 2.75) is 53.1 Å². The standard InChI is InChI=1S/C15H22N4OS/c1-6-15(5,14-16-11(4)9-21-14)17-13(20)12-8-10(3)18-19(12)7-2/h8-9H,6-7H2,1-5H3,(H,17,20)/t15-/m1/s1. The second-order valence-electron chi connectivity index (χ2n) is 5.42. The van der Waals surface area contributed by atoms with Crippen molar-refractivity contribution >= 4 is 17.2 Å². The number of rotatable bonds is 5. The van der Waals surface area contributed by atoms with Crippen LogP contribution in [0.4, 0.5) is 0 Å². The van der Waals surface area contributed by atoms with Crippen LogP contribution in [0.15, 0.2) is 11.4 Å². The van der Waals surface area contributed by atoms with E-state index in [-0.39, 0.29) is 5.91 Å². The molecule has 2 aromatic rings. The third-order valence-electron chi connectivity index (χ3n) is 3.62. The summed E-state index contributed by atoms with van der Waals surface area (Å²) in [7, 11) is 0. The fourth-order valence-corrected chi connectivity index (χ4v) is 3.17. The molecule has 0 aliphatic heterocycles. The van der Waals surface area contributed by atoms with Gasteiger partial charge in [-0.15, -0.1) is 11.3 Å². The number of thiazole rings is 1. The first-order valence-electron chi connectivity index (χ1n) is 7.19. The Balaban J connectivity index is 2.27. The van der Waals surface area contributed by atoms with Gasteiger partial charge >= 0.3 is 0 Å². The van der Waals surface area contributed by atoms with Crippen LogP contribution in [0.5, 0.6) is 0 Å². The Kier molecular flexibility index (Phi) is 4.46. The number of hydrogen-bond donors (Lipinski definition) is 1. The molecule has 0 spiro atoms. The zero-order valence-electron chi connectivity index (χ0n) is 13.2. The van der Waals surface area contributed by atoms with E-state index in [4.69, 9.17) is 0 Å². The molecule has 1 amide bonds. The molecule has 1 N–H and O–H groups in total. The maximum atomic E-state index is 12.6. The summed E-state index contributed by atoms with van der Waals surface area (Å²) in [5, 5.41) is 10.4. The third kappa shape index (κ3) is 3.15. The van der Waals surface area contributed by atoms with Crippen molar-refractivity contribution in [3.8, 4) is 0 Å². The van der Waals surface area contributed by atoms with Gasteiger partial charge in [0.25, 0.3) is 5.91 Å². The summed E-state index contributed by atoms with van der Waals surface area (Å²) in [5.74, 6) is -0.102. The fourth-order valence-electron chi connectivity index (χ4n) is 2.18. The predicted octanol–water partition coefficient (Wildman–Crippen LogP) is 3.03. The van der Waals surface area contributed by atoms with Gasteiger partial charge in [0.1, 0.15) is 10.7 Å². The summed E-state index contributed by atoms with van der Waals surface area (Å²) >= 11 is 1.59. The molecule has 5 nitrogen and oxygen atoms in total. The highest BCUT2D eigenvalue weighted by atomic mass is 32.1. The van der Waals surface area contributed by atoms with Crippen LogP contribution in [0.1, 0.15) is 54.1 Å². The van der Waals surface area contributed by atoms with Gasteiger partial charge in [-0.1, -0.05) is 6.92 Å². The van der Waals surface area contributed by atoms with Crippen LogP contribution in [0.2, 0.25) is 0 Å². The van der Waals surface area contributed by atoms with Crippen LogP contribution in [0.25, 0.3) is 0 Å². The Morgan fingerprint density at radius 2 is 2.10 bits per heavy atom. The van der Waals surface area contributed by atoms with E-state index in [0.717, 1.165) is 22.8 Å². The van der Waals surface area contributed by atoms with E-state index in [1.165, 1.54) is 0 Å². The molecule has 2 rings (SSSR count). The lowest BCUT2D eigenvalue weighted by molar-refractivity contribution is 0.0890. The minimum absolute atomic E-state index is 0.102. The molecule has 2 aromatic heterocycles. The molecule has 0 aliphatic carbocycles. The monoisotopic (exact) mass is 306 g/mol. The van der Waals surface area contributed by atoms with Crippen molar-refractivity contribution in [2.75, 3.05) is 0 Å². The Morgan fingerprint density at radius 3 is 2.62 bits per heavy atom. The van der Waals surface area contributed by atoms with E-state index in [2.05, 4.69) is 22.3 Å². The van der Waals surface area contributed by atoms with Gasteiger partial charge in [0, 0.05) is 17.6 Å². The average Bonchev–Trinajstić information content (AvgIpc) is 3.04. The Morgan fingerprint density at radius 1 is 1.38 bits per heavy atom. The number of amides is 1. The van der Waals surface area contributed by atoms with E-state index in [9.17, 15) is 4.79 Å². The molecule has 0 aromatic carbocycles. The molecule has 0 saturated heterocycles. The number of nitrogens with zero attached hydrogens (tertiary/aromatic N) is 3. The number of aryl methyl sites for hydroxylation is 3. The second kappa shape index (κ2) is 5.97. The van der Waals surface area contributed by atoms with Gasteiger partial charge in [-0.2, -0.15) is 5.10 Å². The molecule has 0 bridgehead atoms. The van der Waals surface area contributed by atoms with Crippen molar-refractivity contribution < 1.29 is 4.79 Å². The van der Waals surface area contributed by atoms with Crippen LogP contribution in [-0.2, 0) is 12.1 Å². The second-order valence-corrected chi connectivity index (χ2v) is 6.28. The third-order valence-corrected chi connectivity index (χ3v) is 4.85. The predicted molar refractivity (Wildman–Crippen MR) is 84.6 cm³/mol. The SMILES string of the molecule is CCn1nc(C)cc1C(=O)N[C@](C)(CC)c1nc(C)cs1. The molecule has 0 unspecified atom stereocenters. The highest BCUT2D eigenvalue weighted by Crippen LogP contribution is 2.28. The highest BCUT2D eigenvalue weighted by Gasteiger charge is 2.31. The van der Waals surface area contributed by atoms with E-state index in [1.807, 2.05) is 39.1 Å². The number of hydrogen-bond acceptors (Lipinski definition) is 4. The molecule has 0 aliphatic rings. The van der Waals surface area contributed by atoms with Gasteiger partial charge in [-0.05, 0) is 40.2 Å². The zero-order chi connectivity index (χ0) is 15.6. The van der Waals surface area contributed by atoms with Gasteiger partial charge in [-0.25, -0.2) is 4.98 Å². The summed E-state index contributed by atoms with van der Waals surface area (Å²) in [6.07, 6.45) is 0.783. The Bertz CT molecular complexity index is 646. The van der Waals surface area contributed by atoms with Crippen molar-refractivity contribution in [2.24, 2.45) is 0 Å². The lowest BCUT2D eigenvalue weighted by Crippen LogP contribution is -2.43. The van der Waals surface area contributed by atoms with E-state index in [1.54, 1.807) is 16.0 Å². The van der Waals surface area contributed by atoms with Crippen molar-refractivity contribution in [3.63, 3.8) is 0 Å². The first-order chi connectivity index (χ1) is 9.89. The first kappa shape index (κ1) is 15.7. The molecule has 0 saturated carbocycles. The number of carbonyl (C=O) groups excluding carboxylic acids is 1. The van der Waals surface area contributed by atoms with Crippen molar-refractivity contribution in [1.29, 1.82) is 0 Å². The quantitative estimate of drug-likeness (QED) is 0.923. The minimum atomic E-state index is -0.452. The van der Waals surface area contributed by atoms with Crippen molar-refractivity contribution in [1.82, 2.24) is 20.1 Å². The Labute approximate surface area is 129 Å². The first-order valence-corrected chi connectivity index (χ1v) is 8.07. The average molecular weight is 306 g/mol. The van der Waals surface area contributed by atoms with E-state index >= 15 is 0 Å².